The minimum absolute atomic E-state index is 0.0868. The lowest BCUT2D eigenvalue weighted by atomic mass is 9.66. The zero-order valence-electron chi connectivity index (χ0n) is 15.0. The quantitative estimate of drug-likeness (QED) is 0.574. The molecule has 1 aliphatic carbocycles. The minimum atomic E-state index is -0.266. The Bertz CT molecular complexity index is 619. The van der Waals surface area contributed by atoms with Gasteiger partial charge in [0.05, 0.1) is 7.11 Å². The van der Waals surface area contributed by atoms with E-state index >= 15 is 0 Å². The summed E-state index contributed by atoms with van der Waals surface area (Å²) in [5.41, 5.74) is 0.733. The maximum atomic E-state index is 13.1. The number of halogens is 1. The van der Waals surface area contributed by atoms with E-state index in [2.05, 4.69) is 32.7 Å². The third kappa shape index (κ3) is 3.04. The van der Waals surface area contributed by atoms with Gasteiger partial charge in [-0.2, -0.15) is 4.99 Å². The summed E-state index contributed by atoms with van der Waals surface area (Å²) in [6.07, 6.45) is 2.19. The van der Waals surface area contributed by atoms with E-state index in [-0.39, 0.29) is 16.6 Å². The van der Waals surface area contributed by atoms with Crippen LogP contribution in [0.3, 0.4) is 0 Å². The minimum Gasteiger partial charge on any atom is -0.484 e. The smallest absolute Gasteiger partial charge is 0.196 e. The molecule has 4 heteroatoms. The van der Waals surface area contributed by atoms with E-state index < -0.39 is 0 Å². The van der Waals surface area contributed by atoms with Crippen molar-refractivity contribution in [1.29, 1.82) is 0 Å². The first-order valence-corrected chi connectivity index (χ1v) is 8.12. The summed E-state index contributed by atoms with van der Waals surface area (Å²) in [5.74, 6) is 1.61. The largest absolute Gasteiger partial charge is 0.484 e. The highest BCUT2D eigenvalue weighted by Crippen LogP contribution is 2.56. The topological polar surface area (TPSA) is 34.0 Å². The maximum Gasteiger partial charge on any atom is 0.196 e. The van der Waals surface area contributed by atoms with Crippen molar-refractivity contribution in [3.05, 3.63) is 35.6 Å². The van der Waals surface area contributed by atoms with Crippen LogP contribution in [0.1, 0.15) is 46.1 Å². The fraction of sp³-hybridized carbons (Fsp3) is 0.579. The molecule has 1 saturated carbocycles. The number of nitrogens with zero attached hydrogens (tertiary/aromatic N) is 2. The van der Waals surface area contributed by atoms with Gasteiger partial charge in [-0.1, -0.05) is 27.7 Å². The van der Waals surface area contributed by atoms with Gasteiger partial charge < -0.3 is 4.74 Å². The second kappa shape index (κ2) is 6.42. The average Bonchev–Trinajstić information content (AvgIpc) is 2.73. The van der Waals surface area contributed by atoms with Gasteiger partial charge in [-0.3, -0.25) is 4.99 Å². The molecule has 0 N–H and O–H groups in total. The molecule has 2 rings (SSSR count). The summed E-state index contributed by atoms with van der Waals surface area (Å²) < 4.78 is 18.8. The van der Waals surface area contributed by atoms with Crippen LogP contribution in [0, 0.1) is 22.6 Å². The average molecular weight is 318 g/mol. The summed E-state index contributed by atoms with van der Waals surface area (Å²) in [4.78, 5) is 8.99. The Hall–Kier alpha value is -1.71. The summed E-state index contributed by atoms with van der Waals surface area (Å²) in [5, 5.41) is 0. The van der Waals surface area contributed by atoms with E-state index in [1.165, 1.54) is 12.1 Å². The fourth-order valence-corrected chi connectivity index (χ4v) is 3.45. The molecule has 1 fully saturated rings. The van der Waals surface area contributed by atoms with Crippen LogP contribution in [0.15, 0.2) is 34.3 Å². The third-order valence-electron chi connectivity index (χ3n) is 5.92. The van der Waals surface area contributed by atoms with Crippen LogP contribution in [0.4, 0.5) is 4.39 Å². The molecule has 0 aliphatic heterocycles. The van der Waals surface area contributed by atoms with E-state index in [1.54, 1.807) is 26.3 Å². The van der Waals surface area contributed by atoms with Crippen molar-refractivity contribution in [3.8, 4) is 0 Å². The molecule has 126 valence electrons. The number of amidine groups is 1. The molecule has 0 aromatic heterocycles. The van der Waals surface area contributed by atoms with Gasteiger partial charge in [0.25, 0.3) is 0 Å². The standard InChI is InChI=1S/C19H27FN2O/c1-13-11-12-19(4,18(13,2)3)17(23-6)22-16(21-5)14-7-9-15(20)10-8-14/h7-10,13H,11-12H2,1-6H3/b21-16-,22-17-/t13-,19-/m0/s1. The van der Waals surface area contributed by atoms with Crippen molar-refractivity contribution in [3.63, 3.8) is 0 Å². The van der Waals surface area contributed by atoms with Gasteiger partial charge in [0.15, 0.2) is 11.7 Å². The van der Waals surface area contributed by atoms with Crippen LogP contribution >= 0.6 is 0 Å². The number of methoxy groups -OCH3 is 1. The second-order valence-corrected chi connectivity index (χ2v) is 7.17. The number of rotatable bonds is 2. The SMILES string of the molecule is C/N=C(\N=C(/OC)[C@]1(C)CC[C@H](C)C1(C)C)c1ccc(F)cc1. The monoisotopic (exact) mass is 318 g/mol. The number of aliphatic imine (C=N–C) groups is 2. The molecule has 0 unspecified atom stereocenters. The van der Waals surface area contributed by atoms with Crippen molar-refractivity contribution >= 4 is 11.7 Å². The number of benzene rings is 1. The van der Waals surface area contributed by atoms with E-state index in [1.807, 2.05) is 0 Å². The van der Waals surface area contributed by atoms with E-state index in [4.69, 9.17) is 9.73 Å². The fourth-order valence-electron chi connectivity index (χ4n) is 3.45. The first-order chi connectivity index (χ1) is 10.8. The first-order valence-electron chi connectivity index (χ1n) is 8.12. The molecule has 3 nitrogen and oxygen atoms in total. The van der Waals surface area contributed by atoms with Crippen LogP contribution in [0.2, 0.25) is 0 Å². The van der Waals surface area contributed by atoms with Gasteiger partial charge >= 0.3 is 0 Å². The molecule has 0 radical (unpaired) electrons. The van der Waals surface area contributed by atoms with Crippen molar-refractivity contribution < 1.29 is 9.13 Å². The van der Waals surface area contributed by atoms with Crippen molar-refractivity contribution in [2.24, 2.45) is 26.7 Å². The van der Waals surface area contributed by atoms with Crippen molar-refractivity contribution in [2.45, 2.75) is 40.5 Å². The van der Waals surface area contributed by atoms with Gasteiger partial charge in [-0.25, -0.2) is 4.39 Å². The zero-order chi connectivity index (χ0) is 17.3. The lowest BCUT2D eigenvalue weighted by Crippen LogP contribution is -2.41. The predicted octanol–water partition coefficient (Wildman–Crippen LogP) is 4.71. The predicted molar refractivity (Wildman–Crippen MR) is 93.6 cm³/mol. The van der Waals surface area contributed by atoms with E-state index in [9.17, 15) is 4.39 Å². The second-order valence-electron chi connectivity index (χ2n) is 7.17. The number of ether oxygens (including phenoxy) is 1. The Labute approximate surface area is 138 Å². The molecule has 1 aromatic carbocycles. The first kappa shape index (κ1) is 17.6. The molecule has 0 bridgehead atoms. The molecule has 0 saturated heterocycles. The number of hydrogen-bond acceptors (Lipinski definition) is 2. The molecule has 2 atom stereocenters. The normalized spacial score (nSPS) is 28.0. The highest BCUT2D eigenvalue weighted by molar-refractivity contribution is 6.06. The summed E-state index contributed by atoms with van der Waals surface area (Å²) in [7, 11) is 3.36. The van der Waals surface area contributed by atoms with E-state index in [0.717, 1.165) is 18.4 Å². The van der Waals surface area contributed by atoms with Crippen LogP contribution in [-0.4, -0.2) is 25.9 Å². The Morgan fingerprint density at radius 2 is 1.83 bits per heavy atom. The van der Waals surface area contributed by atoms with Crippen LogP contribution in [0.5, 0.6) is 0 Å². The molecule has 0 amide bonds. The molecular formula is C19H27FN2O. The van der Waals surface area contributed by atoms with Gasteiger partial charge in [0.2, 0.25) is 0 Å². The summed E-state index contributed by atoms with van der Waals surface area (Å²) in [6, 6.07) is 6.23. The van der Waals surface area contributed by atoms with Crippen molar-refractivity contribution in [1.82, 2.24) is 0 Å². The van der Waals surface area contributed by atoms with Gasteiger partial charge in [-0.15, -0.1) is 0 Å². The van der Waals surface area contributed by atoms with Crippen LogP contribution in [-0.2, 0) is 4.74 Å². The highest BCUT2D eigenvalue weighted by atomic mass is 19.1. The lowest BCUT2D eigenvalue weighted by molar-refractivity contribution is 0.135. The zero-order valence-corrected chi connectivity index (χ0v) is 15.0. The molecule has 23 heavy (non-hydrogen) atoms. The molecule has 0 heterocycles. The Morgan fingerprint density at radius 1 is 1.22 bits per heavy atom. The van der Waals surface area contributed by atoms with Gasteiger partial charge in [0, 0.05) is 18.0 Å². The molecule has 1 aromatic rings. The van der Waals surface area contributed by atoms with Gasteiger partial charge in [-0.05, 0) is 48.4 Å². The van der Waals surface area contributed by atoms with Gasteiger partial charge in [0.1, 0.15) is 5.82 Å². The van der Waals surface area contributed by atoms with Crippen LogP contribution in [0.25, 0.3) is 0 Å². The highest BCUT2D eigenvalue weighted by Gasteiger charge is 2.53. The summed E-state index contributed by atoms with van der Waals surface area (Å²) in [6.45, 7) is 9.06. The van der Waals surface area contributed by atoms with Crippen molar-refractivity contribution in [2.75, 3.05) is 14.2 Å². The van der Waals surface area contributed by atoms with Crippen LogP contribution < -0.4 is 0 Å². The van der Waals surface area contributed by atoms with E-state index in [0.29, 0.717) is 17.7 Å². The Balaban J connectivity index is 2.43. The Kier molecular flexibility index (Phi) is 4.92. The lowest BCUT2D eigenvalue weighted by Gasteiger charge is -2.40. The Morgan fingerprint density at radius 3 is 2.26 bits per heavy atom. The number of hydrogen-bond donors (Lipinski definition) is 0. The molecule has 0 spiro atoms. The summed E-state index contributed by atoms with van der Waals surface area (Å²) >= 11 is 0. The maximum absolute atomic E-state index is 13.1. The molecule has 1 aliphatic rings. The third-order valence-corrected chi connectivity index (χ3v) is 5.92. The molecular weight excluding hydrogens is 291 g/mol.